The van der Waals surface area contributed by atoms with E-state index in [1.54, 1.807) is 4.90 Å². The molecule has 2 aromatic rings. The largest absolute Gasteiger partial charge is 0.444 e. The van der Waals surface area contributed by atoms with Gasteiger partial charge in [-0.1, -0.05) is 0 Å². The number of alkyl halides is 2. The van der Waals surface area contributed by atoms with Crippen LogP contribution in [0.4, 0.5) is 13.6 Å². The fourth-order valence-corrected chi connectivity index (χ4v) is 7.38. The van der Waals surface area contributed by atoms with Gasteiger partial charge >= 0.3 is 6.09 Å². The number of ether oxygens (including phenoxy) is 4. The Labute approximate surface area is 243 Å². The summed E-state index contributed by atoms with van der Waals surface area (Å²) in [6.45, 7) is 9.82. The molecule has 10 nitrogen and oxygen atoms in total. The summed E-state index contributed by atoms with van der Waals surface area (Å²) >= 11 is 1.53. The van der Waals surface area contributed by atoms with Crippen molar-refractivity contribution in [1.29, 1.82) is 0 Å². The summed E-state index contributed by atoms with van der Waals surface area (Å²) in [5, 5.41) is 5.32. The maximum Gasteiger partial charge on any atom is 0.410 e. The van der Waals surface area contributed by atoms with Gasteiger partial charge in [-0.15, -0.1) is 11.8 Å². The van der Waals surface area contributed by atoms with Crippen molar-refractivity contribution in [3.63, 3.8) is 0 Å². The van der Waals surface area contributed by atoms with Crippen molar-refractivity contribution in [2.75, 3.05) is 32.4 Å². The fraction of sp³-hybridized carbons (Fsp3) is 0.750. The van der Waals surface area contributed by atoms with Crippen LogP contribution in [0.5, 0.6) is 0 Å². The van der Waals surface area contributed by atoms with E-state index >= 15 is 8.78 Å². The number of aromatic nitrogens is 3. The molecule has 13 heteroatoms. The third-order valence-corrected chi connectivity index (χ3v) is 9.21. The molecular weight excluding hydrogens is 556 g/mol. The van der Waals surface area contributed by atoms with Gasteiger partial charge < -0.3 is 23.8 Å². The quantitative estimate of drug-likeness (QED) is 0.473. The summed E-state index contributed by atoms with van der Waals surface area (Å²) in [6, 6.07) is 3.92. The average molecular weight is 596 g/mol. The third kappa shape index (κ3) is 5.44. The highest BCUT2D eigenvalue weighted by molar-refractivity contribution is 7.98. The van der Waals surface area contributed by atoms with Crippen LogP contribution in [-0.4, -0.2) is 104 Å². The minimum atomic E-state index is -2.83. The van der Waals surface area contributed by atoms with Gasteiger partial charge in [0.2, 0.25) is 0 Å². The molecule has 4 atom stereocenters. The topological polar surface area (TPSA) is 90.7 Å². The molecule has 4 fully saturated rings. The molecule has 6 rings (SSSR count). The maximum atomic E-state index is 15.0. The first kappa shape index (κ1) is 29.0. The smallest absolute Gasteiger partial charge is 0.410 e. The number of hydrogen-bond acceptors (Lipinski definition) is 9. The second kappa shape index (κ2) is 10.0. The van der Waals surface area contributed by atoms with Crippen LogP contribution in [0.15, 0.2) is 23.5 Å². The average Bonchev–Trinajstić information content (AvgIpc) is 3.58. The highest BCUT2D eigenvalue weighted by Crippen LogP contribution is 2.49. The summed E-state index contributed by atoms with van der Waals surface area (Å²) in [7, 11) is 0. The molecule has 0 aromatic carbocycles. The van der Waals surface area contributed by atoms with Crippen LogP contribution in [0, 0.1) is 0 Å². The van der Waals surface area contributed by atoms with Crippen molar-refractivity contribution in [2.24, 2.45) is 0 Å². The van der Waals surface area contributed by atoms with E-state index in [0.29, 0.717) is 25.9 Å². The Balaban J connectivity index is 1.23. The van der Waals surface area contributed by atoms with Gasteiger partial charge in [-0.2, -0.15) is 5.10 Å². The summed E-state index contributed by atoms with van der Waals surface area (Å²) in [5.41, 5.74) is 0.322. The lowest BCUT2D eigenvalue weighted by Gasteiger charge is -2.45. The number of piperidine rings is 1. The SMILES string of the molecule is CSc1ncnn2c([C@@H]3O[C@H](CN4CC(F)(F)CC45CCN(C(=O)OC(C)(C)C)CC5)[C@H]4OC(C)(C)O[C@H]43)ccc12. The Hall–Kier alpha value is -2.06. The second-order valence-corrected chi connectivity index (χ2v) is 13.9. The summed E-state index contributed by atoms with van der Waals surface area (Å²) < 4.78 is 56.7. The molecule has 226 valence electrons. The Morgan fingerprint density at radius 2 is 1.88 bits per heavy atom. The highest BCUT2D eigenvalue weighted by Gasteiger charge is 2.60. The van der Waals surface area contributed by atoms with E-state index in [1.165, 1.54) is 18.1 Å². The predicted molar refractivity (Wildman–Crippen MR) is 147 cm³/mol. The molecule has 1 amide bonds. The number of fused-ring (bicyclic) bond motifs is 2. The van der Waals surface area contributed by atoms with Gasteiger partial charge in [0, 0.05) is 31.6 Å². The monoisotopic (exact) mass is 595 g/mol. The first-order valence-corrected chi connectivity index (χ1v) is 15.4. The van der Waals surface area contributed by atoms with Gasteiger partial charge in [0.25, 0.3) is 5.92 Å². The Morgan fingerprint density at radius 1 is 1.17 bits per heavy atom. The molecule has 4 saturated heterocycles. The van der Waals surface area contributed by atoms with Gasteiger partial charge in [-0.05, 0) is 65.8 Å². The lowest BCUT2D eigenvalue weighted by atomic mass is 9.84. The zero-order chi connectivity index (χ0) is 29.4. The number of amides is 1. The fourth-order valence-electron chi connectivity index (χ4n) is 6.87. The number of nitrogens with zero attached hydrogens (tertiary/aromatic N) is 5. The van der Waals surface area contributed by atoms with Crippen LogP contribution >= 0.6 is 11.8 Å². The summed E-state index contributed by atoms with van der Waals surface area (Å²) in [5.74, 6) is -3.67. The van der Waals surface area contributed by atoms with Crippen LogP contribution in [-0.2, 0) is 18.9 Å². The Kier molecular flexibility index (Phi) is 7.08. The maximum absolute atomic E-state index is 15.0. The molecule has 0 radical (unpaired) electrons. The van der Waals surface area contributed by atoms with E-state index in [2.05, 4.69) is 10.1 Å². The molecule has 4 aliphatic heterocycles. The number of rotatable bonds is 4. The van der Waals surface area contributed by atoms with Crippen LogP contribution in [0.25, 0.3) is 5.52 Å². The molecule has 0 unspecified atom stereocenters. The molecule has 41 heavy (non-hydrogen) atoms. The van der Waals surface area contributed by atoms with E-state index in [1.807, 2.05) is 62.4 Å². The summed E-state index contributed by atoms with van der Waals surface area (Å²) in [4.78, 5) is 20.5. The Bertz CT molecular complexity index is 1310. The van der Waals surface area contributed by atoms with E-state index < -0.39 is 53.4 Å². The van der Waals surface area contributed by atoms with Crippen LogP contribution < -0.4 is 0 Å². The van der Waals surface area contributed by atoms with Gasteiger partial charge in [-0.3, -0.25) is 4.90 Å². The molecule has 4 aliphatic rings. The minimum absolute atomic E-state index is 0.243. The van der Waals surface area contributed by atoms with Gasteiger partial charge in [0.15, 0.2) is 5.79 Å². The van der Waals surface area contributed by atoms with Gasteiger partial charge in [0.05, 0.1) is 17.8 Å². The molecule has 2 aromatic heterocycles. The first-order chi connectivity index (χ1) is 19.2. The third-order valence-electron chi connectivity index (χ3n) is 8.51. The van der Waals surface area contributed by atoms with Crippen molar-refractivity contribution in [2.45, 2.75) is 106 Å². The number of carbonyl (C=O) groups is 1. The van der Waals surface area contributed by atoms with E-state index in [9.17, 15) is 4.79 Å². The zero-order valence-electron chi connectivity index (χ0n) is 24.4. The van der Waals surface area contributed by atoms with Gasteiger partial charge in [0.1, 0.15) is 41.4 Å². The number of carbonyl (C=O) groups excluding carboxylic acids is 1. The van der Waals surface area contributed by atoms with Crippen molar-refractivity contribution in [3.8, 4) is 0 Å². The van der Waals surface area contributed by atoms with E-state index in [-0.39, 0.29) is 19.5 Å². The van der Waals surface area contributed by atoms with E-state index in [0.717, 1.165) is 16.2 Å². The van der Waals surface area contributed by atoms with Crippen molar-refractivity contribution in [1.82, 2.24) is 24.4 Å². The number of hydrogen-bond donors (Lipinski definition) is 0. The van der Waals surface area contributed by atoms with Gasteiger partial charge in [-0.25, -0.2) is 23.1 Å². The molecule has 0 saturated carbocycles. The second-order valence-electron chi connectivity index (χ2n) is 13.1. The molecule has 0 bridgehead atoms. The van der Waals surface area contributed by atoms with E-state index in [4.69, 9.17) is 18.9 Å². The molecular formula is C28H39F2N5O5S. The van der Waals surface area contributed by atoms with Crippen LogP contribution in [0.1, 0.15) is 65.7 Å². The standard InChI is InChI=1S/C28H39F2N5O5S/c1-25(2,3)40-24(36)33-11-9-27(10-12-33)14-28(29,30)15-34(27)13-19-21-22(39-26(4,5)38-21)20(37-19)17-7-8-18-23(41-6)31-16-32-35(17)18/h7-8,16,19-22H,9-15H2,1-6H3/t19-,20+,21-,22+/m1/s1. The number of likely N-dealkylation sites (tertiary alicyclic amines) is 2. The lowest BCUT2D eigenvalue weighted by molar-refractivity contribution is -0.191. The van der Waals surface area contributed by atoms with Crippen molar-refractivity contribution >= 4 is 23.4 Å². The minimum Gasteiger partial charge on any atom is -0.444 e. The van der Waals surface area contributed by atoms with Crippen molar-refractivity contribution < 1.29 is 32.5 Å². The molecule has 1 spiro atoms. The van der Waals surface area contributed by atoms with Crippen LogP contribution in [0.3, 0.4) is 0 Å². The predicted octanol–water partition coefficient (Wildman–Crippen LogP) is 4.52. The lowest BCUT2D eigenvalue weighted by Crippen LogP contribution is -2.56. The Morgan fingerprint density at radius 3 is 2.56 bits per heavy atom. The molecule has 0 aliphatic carbocycles. The van der Waals surface area contributed by atoms with Crippen LogP contribution in [0.2, 0.25) is 0 Å². The first-order valence-electron chi connectivity index (χ1n) is 14.2. The summed E-state index contributed by atoms with van der Waals surface area (Å²) in [6.07, 6.45) is 1.86. The number of thioether (sulfide) groups is 1. The molecule has 6 heterocycles. The molecule has 0 N–H and O–H groups in total. The number of halogens is 2. The highest BCUT2D eigenvalue weighted by atomic mass is 32.2. The zero-order valence-corrected chi connectivity index (χ0v) is 25.2. The van der Waals surface area contributed by atoms with Crippen molar-refractivity contribution in [3.05, 3.63) is 24.2 Å². The normalized spacial score (nSPS) is 30.8.